The molecule has 1 aliphatic heterocycles. The Morgan fingerprint density at radius 3 is 2.27 bits per heavy atom. The molecule has 0 bridgehead atoms. The predicted molar refractivity (Wildman–Crippen MR) is 94.9 cm³/mol. The summed E-state index contributed by atoms with van der Waals surface area (Å²) in [6.45, 7) is 0.692. The first-order chi connectivity index (χ1) is 12.6. The largest absolute Gasteiger partial charge is 0.479 e. The van der Waals surface area contributed by atoms with Crippen LogP contribution in [0.1, 0.15) is 29.9 Å². The number of amides is 1. The van der Waals surface area contributed by atoms with E-state index in [0.29, 0.717) is 13.0 Å². The third-order valence-corrected chi connectivity index (χ3v) is 6.18. The van der Waals surface area contributed by atoms with Crippen LogP contribution in [0, 0.1) is 5.92 Å². The summed E-state index contributed by atoms with van der Waals surface area (Å²) in [5, 5.41) is 9.52. The van der Waals surface area contributed by atoms with Gasteiger partial charge in [0.05, 0.1) is 0 Å². The van der Waals surface area contributed by atoms with Gasteiger partial charge >= 0.3 is 12.1 Å². The normalized spacial score (nSPS) is 25.4. The monoisotopic (exact) mass is 349 g/mol. The van der Waals surface area contributed by atoms with E-state index in [9.17, 15) is 14.7 Å². The van der Waals surface area contributed by atoms with Crippen LogP contribution in [0.25, 0.3) is 11.1 Å². The number of carboxylic acid groups (broad SMARTS) is 1. The van der Waals surface area contributed by atoms with Crippen molar-refractivity contribution in [2.24, 2.45) is 5.92 Å². The van der Waals surface area contributed by atoms with Gasteiger partial charge in [0.15, 0.2) is 0 Å². The fraction of sp³-hybridized carbons (Fsp3) is 0.333. The predicted octanol–water partition coefficient (Wildman–Crippen LogP) is 3.48. The van der Waals surface area contributed by atoms with Gasteiger partial charge in [0, 0.05) is 12.5 Å². The number of nitrogens with zero attached hydrogens (tertiary/aromatic N) is 1. The quantitative estimate of drug-likeness (QED) is 0.921. The van der Waals surface area contributed by atoms with Crippen LogP contribution in [0.15, 0.2) is 48.5 Å². The number of benzene rings is 2. The molecule has 5 heteroatoms. The molecule has 3 aliphatic rings. The molecule has 5 nitrogen and oxygen atoms in total. The van der Waals surface area contributed by atoms with Gasteiger partial charge in [-0.05, 0) is 41.0 Å². The number of likely N-dealkylation sites (tertiary alicyclic amines) is 1. The number of carbonyl (C=O) groups is 2. The molecule has 2 aromatic carbocycles. The smallest absolute Gasteiger partial charge is 0.410 e. The molecule has 5 rings (SSSR count). The fourth-order valence-corrected chi connectivity index (χ4v) is 4.78. The molecular weight excluding hydrogens is 330 g/mol. The lowest BCUT2D eigenvalue weighted by atomic mass is 9.98. The molecule has 1 N–H and O–H groups in total. The number of hydrogen-bond donors (Lipinski definition) is 1. The zero-order valence-electron chi connectivity index (χ0n) is 14.2. The van der Waals surface area contributed by atoms with E-state index in [1.165, 1.54) is 16.0 Å². The van der Waals surface area contributed by atoms with E-state index in [1.54, 1.807) is 0 Å². The lowest BCUT2D eigenvalue weighted by Crippen LogP contribution is -2.45. The van der Waals surface area contributed by atoms with Crippen molar-refractivity contribution in [3.05, 3.63) is 59.7 Å². The molecule has 1 amide bonds. The van der Waals surface area contributed by atoms with Crippen molar-refractivity contribution in [3.63, 3.8) is 0 Å². The van der Waals surface area contributed by atoms with E-state index in [2.05, 4.69) is 24.3 Å². The number of aliphatic carboxylic acids is 1. The average Bonchev–Trinajstić information content (AvgIpc) is 3.14. The van der Waals surface area contributed by atoms with Crippen LogP contribution >= 0.6 is 0 Å². The highest BCUT2D eigenvalue weighted by atomic mass is 16.6. The van der Waals surface area contributed by atoms with Crippen molar-refractivity contribution in [2.45, 2.75) is 24.3 Å². The number of ether oxygens (including phenoxy) is 1. The summed E-state index contributed by atoms with van der Waals surface area (Å²) in [4.78, 5) is 25.7. The molecule has 1 saturated heterocycles. The van der Waals surface area contributed by atoms with Gasteiger partial charge in [-0.1, -0.05) is 48.5 Å². The van der Waals surface area contributed by atoms with E-state index in [0.717, 1.165) is 17.5 Å². The summed E-state index contributed by atoms with van der Waals surface area (Å²) in [6.07, 6.45) is 0.789. The Balaban J connectivity index is 1.38. The third kappa shape index (κ3) is 1.97. The highest BCUT2D eigenvalue weighted by molar-refractivity contribution is 5.89. The van der Waals surface area contributed by atoms with E-state index in [4.69, 9.17) is 4.74 Å². The van der Waals surface area contributed by atoms with Crippen LogP contribution in [0.3, 0.4) is 0 Å². The molecule has 2 aliphatic carbocycles. The molecule has 1 heterocycles. The number of hydrogen-bond acceptors (Lipinski definition) is 3. The van der Waals surface area contributed by atoms with Crippen LogP contribution in [-0.4, -0.2) is 40.8 Å². The van der Waals surface area contributed by atoms with Crippen LogP contribution in [0.5, 0.6) is 0 Å². The van der Waals surface area contributed by atoms with Crippen molar-refractivity contribution >= 4 is 12.1 Å². The summed E-state index contributed by atoms with van der Waals surface area (Å²) in [7, 11) is 0. The molecule has 132 valence electrons. The molecule has 0 aromatic heterocycles. The van der Waals surface area contributed by atoms with E-state index in [1.807, 2.05) is 24.3 Å². The van der Waals surface area contributed by atoms with E-state index >= 15 is 0 Å². The van der Waals surface area contributed by atoms with Crippen LogP contribution in [0.4, 0.5) is 4.79 Å². The minimum atomic E-state index is -1.01. The first kappa shape index (κ1) is 15.4. The number of rotatable bonds is 3. The highest BCUT2D eigenvalue weighted by Crippen LogP contribution is 2.56. The third-order valence-electron chi connectivity index (χ3n) is 6.18. The lowest BCUT2D eigenvalue weighted by Gasteiger charge is -2.25. The molecule has 2 atom stereocenters. The maximum atomic E-state index is 12.6. The minimum absolute atomic E-state index is 0.00951. The molecule has 2 aromatic rings. The number of piperidine rings is 1. The Labute approximate surface area is 151 Å². The molecule has 26 heavy (non-hydrogen) atoms. The Bertz CT molecular complexity index is 878. The second kappa shape index (κ2) is 5.34. The van der Waals surface area contributed by atoms with Crippen molar-refractivity contribution in [2.75, 3.05) is 13.2 Å². The van der Waals surface area contributed by atoms with Gasteiger partial charge in [-0.15, -0.1) is 0 Å². The first-order valence-corrected chi connectivity index (χ1v) is 8.99. The maximum Gasteiger partial charge on any atom is 0.410 e. The summed E-state index contributed by atoms with van der Waals surface area (Å²) < 4.78 is 5.62. The number of carbonyl (C=O) groups excluding carboxylic acids is 1. The Hall–Kier alpha value is -2.82. The van der Waals surface area contributed by atoms with Crippen molar-refractivity contribution in [3.8, 4) is 11.1 Å². The topological polar surface area (TPSA) is 66.8 Å². The molecule has 2 fully saturated rings. The second-order valence-corrected chi connectivity index (χ2v) is 7.37. The average molecular weight is 349 g/mol. The Morgan fingerprint density at radius 1 is 1.08 bits per heavy atom. The minimum Gasteiger partial charge on any atom is -0.479 e. The Morgan fingerprint density at radius 2 is 1.69 bits per heavy atom. The van der Waals surface area contributed by atoms with Gasteiger partial charge in [0.25, 0.3) is 0 Å². The van der Waals surface area contributed by atoms with Crippen LogP contribution in [-0.2, 0) is 9.53 Å². The Kier molecular flexibility index (Phi) is 3.17. The van der Waals surface area contributed by atoms with Crippen LogP contribution < -0.4 is 0 Å². The van der Waals surface area contributed by atoms with Gasteiger partial charge in [0.1, 0.15) is 12.1 Å². The zero-order chi connectivity index (χ0) is 17.9. The summed E-state index contributed by atoms with van der Waals surface area (Å²) in [5.74, 6) is -0.835. The van der Waals surface area contributed by atoms with Crippen molar-refractivity contribution in [1.82, 2.24) is 4.90 Å². The van der Waals surface area contributed by atoms with Gasteiger partial charge in [0.2, 0.25) is 0 Å². The molecule has 0 radical (unpaired) electrons. The summed E-state index contributed by atoms with van der Waals surface area (Å²) in [6, 6.07) is 16.3. The maximum absolute atomic E-state index is 12.6. The summed E-state index contributed by atoms with van der Waals surface area (Å²) >= 11 is 0. The molecular formula is C21H19NO4. The van der Waals surface area contributed by atoms with Gasteiger partial charge in [-0.2, -0.15) is 0 Å². The molecule has 1 saturated carbocycles. The van der Waals surface area contributed by atoms with Crippen LogP contribution in [0.2, 0.25) is 0 Å². The SMILES string of the molecule is O=C(OCC1c2ccccc2-c2ccccc21)N1CC[C@H]2C[C@]21C(=O)O. The molecule has 0 spiro atoms. The standard InChI is InChI=1S/C21H19NO4/c23-19(24)21-11-13(21)9-10-22(21)20(25)26-12-18-16-7-3-1-5-14(16)15-6-2-4-8-17(15)18/h1-8,13,18H,9-12H2,(H,23,24)/t13-,21+/m0/s1. The van der Waals surface area contributed by atoms with Gasteiger partial charge in [-0.25, -0.2) is 9.59 Å². The fourth-order valence-electron chi connectivity index (χ4n) is 4.78. The van der Waals surface area contributed by atoms with Crippen molar-refractivity contribution in [1.29, 1.82) is 0 Å². The lowest BCUT2D eigenvalue weighted by molar-refractivity contribution is -0.144. The first-order valence-electron chi connectivity index (χ1n) is 8.99. The van der Waals surface area contributed by atoms with E-state index in [-0.39, 0.29) is 18.4 Å². The van der Waals surface area contributed by atoms with Gasteiger partial charge < -0.3 is 9.84 Å². The zero-order valence-corrected chi connectivity index (χ0v) is 14.2. The highest BCUT2D eigenvalue weighted by Gasteiger charge is 2.69. The van der Waals surface area contributed by atoms with E-state index < -0.39 is 17.6 Å². The van der Waals surface area contributed by atoms with Crippen molar-refractivity contribution < 1.29 is 19.4 Å². The second-order valence-electron chi connectivity index (χ2n) is 7.37. The number of carboxylic acids is 1. The molecule has 0 unspecified atom stereocenters. The van der Waals surface area contributed by atoms with Gasteiger partial charge in [-0.3, -0.25) is 4.90 Å². The number of fused-ring (bicyclic) bond motifs is 4. The summed E-state index contributed by atoms with van der Waals surface area (Å²) in [5.41, 5.74) is 3.65.